The minimum absolute atomic E-state index is 0.117. The number of nitrogens with zero attached hydrogens (tertiary/aromatic N) is 3. The number of hydrogen-bond donors (Lipinski definition) is 1. The Bertz CT molecular complexity index is 1130. The van der Waals surface area contributed by atoms with Crippen molar-refractivity contribution in [2.24, 2.45) is 0 Å². The van der Waals surface area contributed by atoms with Crippen LogP contribution in [0.2, 0.25) is 10.0 Å². The van der Waals surface area contributed by atoms with Crippen molar-refractivity contribution in [3.63, 3.8) is 0 Å². The highest BCUT2D eigenvalue weighted by Crippen LogP contribution is 2.37. The molecule has 1 atom stereocenters. The van der Waals surface area contributed by atoms with Crippen molar-refractivity contribution in [1.82, 2.24) is 14.8 Å². The van der Waals surface area contributed by atoms with Gasteiger partial charge in [0.2, 0.25) is 0 Å². The number of ether oxygens (including phenoxy) is 2. The first-order valence-corrected chi connectivity index (χ1v) is 11.0. The van der Waals surface area contributed by atoms with Gasteiger partial charge in [-0.3, -0.25) is 4.68 Å². The molecule has 0 spiro atoms. The van der Waals surface area contributed by atoms with Gasteiger partial charge < -0.3 is 15.2 Å². The molecule has 0 fully saturated rings. The van der Waals surface area contributed by atoms with Crippen LogP contribution in [0.3, 0.4) is 0 Å². The Morgan fingerprint density at radius 1 is 1.21 bits per heavy atom. The average Bonchev–Trinajstić information content (AvgIpc) is 3.30. The molecule has 10 heteroatoms. The highest BCUT2D eigenvalue weighted by molar-refractivity contribution is 6.36. The number of rotatable bonds is 6. The number of carbonyl (C=O) groups is 1. The number of aromatic nitrogens is 3. The SMILES string of the molecule is CC.COC(=O)C(C)(C)n1cc(-c2cnc(N)c(OC(C)c3c(Cl)ccc(F)c3Cl)c2)cn1. The van der Waals surface area contributed by atoms with E-state index in [4.69, 9.17) is 38.4 Å². The van der Waals surface area contributed by atoms with E-state index in [1.54, 1.807) is 45.4 Å². The van der Waals surface area contributed by atoms with Gasteiger partial charge >= 0.3 is 5.97 Å². The Hall–Kier alpha value is -2.84. The van der Waals surface area contributed by atoms with E-state index < -0.39 is 23.4 Å². The first-order chi connectivity index (χ1) is 15.6. The van der Waals surface area contributed by atoms with Gasteiger partial charge in [-0.05, 0) is 39.0 Å². The predicted molar refractivity (Wildman–Crippen MR) is 128 cm³/mol. The Morgan fingerprint density at radius 3 is 2.52 bits per heavy atom. The number of methoxy groups -OCH3 is 1. The van der Waals surface area contributed by atoms with E-state index in [1.807, 2.05) is 13.8 Å². The zero-order valence-electron chi connectivity index (χ0n) is 19.3. The second-order valence-corrected chi connectivity index (χ2v) is 8.13. The lowest BCUT2D eigenvalue weighted by molar-refractivity contribution is -0.150. The molecule has 3 rings (SSSR count). The van der Waals surface area contributed by atoms with E-state index in [2.05, 4.69) is 10.1 Å². The van der Waals surface area contributed by atoms with Crippen molar-refractivity contribution < 1.29 is 18.7 Å². The predicted octanol–water partition coefficient (Wildman–Crippen LogP) is 6.05. The molecule has 0 bridgehead atoms. The molecule has 0 aliphatic heterocycles. The average molecular weight is 497 g/mol. The maximum absolute atomic E-state index is 13.9. The molecule has 0 aliphatic carbocycles. The molecule has 0 amide bonds. The summed E-state index contributed by atoms with van der Waals surface area (Å²) in [5.41, 5.74) is 6.62. The van der Waals surface area contributed by atoms with Gasteiger partial charge in [-0.25, -0.2) is 14.2 Å². The Morgan fingerprint density at radius 2 is 1.88 bits per heavy atom. The maximum atomic E-state index is 13.9. The molecule has 2 heterocycles. The minimum Gasteiger partial charge on any atom is -0.482 e. The van der Waals surface area contributed by atoms with Crippen molar-refractivity contribution in [3.8, 4) is 16.9 Å². The first kappa shape index (κ1) is 26.4. The van der Waals surface area contributed by atoms with Crippen molar-refractivity contribution in [3.05, 3.63) is 58.2 Å². The zero-order chi connectivity index (χ0) is 24.9. The fraction of sp³-hybridized carbons (Fsp3) is 0.348. The zero-order valence-corrected chi connectivity index (χ0v) is 20.8. The van der Waals surface area contributed by atoms with E-state index in [0.717, 1.165) is 0 Å². The maximum Gasteiger partial charge on any atom is 0.333 e. The van der Waals surface area contributed by atoms with Crippen LogP contribution in [0.1, 0.15) is 46.3 Å². The quantitative estimate of drug-likeness (QED) is 0.329. The molecule has 0 saturated heterocycles. The van der Waals surface area contributed by atoms with E-state index in [9.17, 15) is 9.18 Å². The van der Waals surface area contributed by atoms with Crippen LogP contribution in [0.4, 0.5) is 10.2 Å². The van der Waals surface area contributed by atoms with Gasteiger partial charge in [-0.15, -0.1) is 0 Å². The molecule has 1 unspecified atom stereocenters. The topological polar surface area (TPSA) is 92.3 Å². The van der Waals surface area contributed by atoms with Gasteiger partial charge in [0.25, 0.3) is 0 Å². The van der Waals surface area contributed by atoms with E-state index in [1.165, 1.54) is 23.9 Å². The summed E-state index contributed by atoms with van der Waals surface area (Å²) in [7, 11) is 1.32. The van der Waals surface area contributed by atoms with Crippen LogP contribution in [0, 0.1) is 5.82 Å². The monoisotopic (exact) mass is 496 g/mol. The van der Waals surface area contributed by atoms with Crippen LogP contribution in [-0.2, 0) is 15.1 Å². The number of carbonyl (C=O) groups excluding carboxylic acids is 1. The molecule has 3 aromatic rings. The van der Waals surface area contributed by atoms with Crippen LogP contribution in [-0.4, -0.2) is 27.8 Å². The van der Waals surface area contributed by atoms with Crippen molar-refractivity contribution >= 4 is 35.0 Å². The molecule has 33 heavy (non-hydrogen) atoms. The number of halogens is 3. The largest absolute Gasteiger partial charge is 0.482 e. The van der Waals surface area contributed by atoms with Crippen LogP contribution in [0.25, 0.3) is 11.1 Å². The third-order valence-electron chi connectivity index (χ3n) is 4.85. The fourth-order valence-electron chi connectivity index (χ4n) is 2.99. The number of benzene rings is 1. The van der Waals surface area contributed by atoms with Crippen molar-refractivity contribution in [2.75, 3.05) is 12.8 Å². The number of nitrogen functional groups attached to an aromatic ring is 1. The molecule has 1 aromatic carbocycles. The molecule has 0 aliphatic rings. The lowest BCUT2D eigenvalue weighted by atomic mass is 10.1. The van der Waals surface area contributed by atoms with Gasteiger partial charge in [0.05, 0.1) is 18.3 Å². The number of anilines is 1. The molecule has 7 nitrogen and oxygen atoms in total. The van der Waals surface area contributed by atoms with Crippen LogP contribution in [0.15, 0.2) is 36.8 Å². The summed E-state index contributed by atoms with van der Waals surface area (Å²) in [5.74, 6) is -0.626. The summed E-state index contributed by atoms with van der Waals surface area (Å²) in [6, 6.07) is 4.27. The van der Waals surface area contributed by atoms with Crippen LogP contribution < -0.4 is 10.5 Å². The fourth-order valence-corrected chi connectivity index (χ4v) is 3.67. The second kappa shape index (κ2) is 10.9. The van der Waals surface area contributed by atoms with Gasteiger partial charge in [0.1, 0.15) is 11.9 Å². The minimum atomic E-state index is -0.993. The molecular formula is C23H27Cl2FN4O3. The second-order valence-electron chi connectivity index (χ2n) is 7.35. The summed E-state index contributed by atoms with van der Waals surface area (Å²) in [4.78, 5) is 16.2. The smallest absolute Gasteiger partial charge is 0.333 e. The summed E-state index contributed by atoms with van der Waals surface area (Å²) in [6.07, 6.45) is 4.14. The highest BCUT2D eigenvalue weighted by Gasteiger charge is 2.32. The molecular weight excluding hydrogens is 470 g/mol. The standard InChI is InChI=1S/C21H21Cl2FN4O3.C2H6/c1-11(17-14(22)5-6-15(24)18(17)23)31-16-7-12(8-26-19(16)25)13-9-27-28(10-13)21(2,3)20(29)30-4;1-2/h5-11H,1-4H3,(H2,25,26);1-2H3. The third-order valence-corrected chi connectivity index (χ3v) is 5.56. The van der Waals surface area contributed by atoms with Crippen LogP contribution in [0.5, 0.6) is 5.75 Å². The number of hydrogen-bond acceptors (Lipinski definition) is 6. The summed E-state index contributed by atoms with van der Waals surface area (Å²) >= 11 is 12.3. The Balaban J connectivity index is 0.00000187. The lowest BCUT2D eigenvalue weighted by Gasteiger charge is -2.21. The van der Waals surface area contributed by atoms with Gasteiger partial charge in [-0.2, -0.15) is 5.10 Å². The molecule has 2 aromatic heterocycles. The lowest BCUT2D eigenvalue weighted by Crippen LogP contribution is -2.37. The molecule has 178 valence electrons. The first-order valence-electron chi connectivity index (χ1n) is 10.3. The van der Waals surface area contributed by atoms with Crippen molar-refractivity contribution in [2.45, 2.75) is 46.3 Å². The molecule has 0 radical (unpaired) electrons. The van der Waals surface area contributed by atoms with Gasteiger partial charge in [-0.1, -0.05) is 37.0 Å². The van der Waals surface area contributed by atoms with E-state index in [-0.39, 0.29) is 21.6 Å². The molecule has 2 N–H and O–H groups in total. The Labute approximate surface area is 202 Å². The van der Waals surface area contributed by atoms with E-state index in [0.29, 0.717) is 16.7 Å². The summed E-state index contributed by atoms with van der Waals surface area (Å²) in [5, 5.41) is 4.42. The molecule has 0 saturated carbocycles. The highest BCUT2D eigenvalue weighted by atomic mass is 35.5. The van der Waals surface area contributed by atoms with Gasteiger partial charge in [0, 0.05) is 34.1 Å². The van der Waals surface area contributed by atoms with Gasteiger partial charge in [0.15, 0.2) is 17.1 Å². The third kappa shape index (κ3) is 5.57. The summed E-state index contributed by atoms with van der Waals surface area (Å²) < 4.78 is 26.1. The normalized spacial score (nSPS) is 11.9. The van der Waals surface area contributed by atoms with Crippen molar-refractivity contribution in [1.29, 1.82) is 0 Å². The number of esters is 1. The number of pyridine rings is 1. The number of nitrogens with two attached hydrogens (primary N) is 1. The summed E-state index contributed by atoms with van der Waals surface area (Å²) in [6.45, 7) is 9.06. The Kier molecular flexibility index (Phi) is 8.69. The van der Waals surface area contributed by atoms with E-state index >= 15 is 0 Å². The van der Waals surface area contributed by atoms with Crippen LogP contribution >= 0.6 is 23.2 Å².